The molecule has 2 aromatic carbocycles. The number of nitrogens with one attached hydrogen (secondary N) is 1. The van der Waals surface area contributed by atoms with Gasteiger partial charge < -0.3 is 14.8 Å². The lowest BCUT2D eigenvalue weighted by Gasteiger charge is -2.00. The second kappa shape index (κ2) is 4.70. The predicted molar refractivity (Wildman–Crippen MR) is 75.4 cm³/mol. The number of rotatable bonds is 3. The highest BCUT2D eigenvalue weighted by Crippen LogP contribution is 2.23. The minimum absolute atomic E-state index is 0.176. The Kier molecular flexibility index (Phi) is 2.87. The molecule has 2 N–H and O–H groups in total. The molecule has 0 radical (unpaired) electrons. The lowest BCUT2D eigenvalue weighted by molar-refractivity contribution is 0.0697. The smallest absolute Gasteiger partial charge is 0.335 e. The summed E-state index contributed by atoms with van der Waals surface area (Å²) >= 11 is 0. The molecule has 0 fully saturated rings. The summed E-state index contributed by atoms with van der Waals surface area (Å²) in [7, 11) is 0. The van der Waals surface area contributed by atoms with Gasteiger partial charge in [0.05, 0.1) is 5.56 Å². The molecule has 100 valence electrons. The van der Waals surface area contributed by atoms with Crippen LogP contribution < -0.4 is 5.32 Å². The SMILES string of the molecule is Cc1ccc(Nc2nc3ccc(C(=O)O)cc3o2)cc1. The summed E-state index contributed by atoms with van der Waals surface area (Å²) in [6.07, 6.45) is 0. The van der Waals surface area contributed by atoms with Crippen molar-refractivity contribution >= 4 is 28.8 Å². The van der Waals surface area contributed by atoms with Crippen LogP contribution in [0, 0.1) is 6.92 Å². The number of carboxylic acid groups (broad SMARTS) is 1. The van der Waals surface area contributed by atoms with Crippen LogP contribution >= 0.6 is 0 Å². The largest absolute Gasteiger partial charge is 0.478 e. The molecule has 0 aliphatic heterocycles. The van der Waals surface area contributed by atoms with E-state index in [0.717, 1.165) is 5.69 Å². The lowest BCUT2D eigenvalue weighted by atomic mass is 10.2. The zero-order chi connectivity index (χ0) is 14.1. The van der Waals surface area contributed by atoms with Gasteiger partial charge >= 0.3 is 5.97 Å². The van der Waals surface area contributed by atoms with Crippen LogP contribution in [0.25, 0.3) is 11.1 Å². The van der Waals surface area contributed by atoms with Crippen molar-refractivity contribution in [2.45, 2.75) is 6.92 Å². The highest BCUT2D eigenvalue weighted by Gasteiger charge is 2.09. The van der Waals surface area contributed by atoms with Gasteiger partial charge in [0, 0.05) is 5.69 Å². The molecule has 1 heterocycles. The van der Waals surface area contributed by atoms with Gasteiger partial charge in [-0.1, -0.05) is 17.7 Å². The Labute approximate surface area is 114 Å². The highest BCUT2D eigenvalue weighted by molar-refractivity contribution is 5.92. The number of aromatic carboxylic acids is 1. The van der Waals surface area contributed by atoms with Gasteiger partial charge in [-0.2, -0.15) is 4.98 Å². The third-order valence-corrected chi connectivity index (χ3v) is 2.94. The first-order valence-corrected chi connectivity index (χ1v) is 6.09. The molecule has 20 heavy (non-hydrogen) atoms. The van der Waals surface area contributed by atoms with E-state index in [0.29, 0.717) is 17.1 Å². The van der Waals surface area contributed by atoms with Crippen LogP contribution in [0.15, 0.2) is 46.9 Å². The average molecular weight is 268 g/mol. The minimum atomic E-state index is -0.989. The molecule has 0 spiro atoms. The maximum atomic E-state index is 10.9. The van der Waals surface area contributed by atoms with Gasteiger partial charge in [0.25, 0.3) is 6.01 Å². The Morgan fingerprint density at radius 3 is 2.65 bits per heavy atom. The molecule has 0 atom stereocenters. The van der Waals surface area contributed by atoms with Gasteiger partial charge in [-0.25, -0.2) is 4.79 Å². The second-order valence-electron chi connectivity index (χ2n) is 4.50. The van der Waals surface area contributed by atoms with Crippen molar-refractivity contribution < 1.29 is 14.3 Å². The van der Waals surface area contributed by atoms with Crippen LogP contribution in [0.5, 0.6) is 0 Å². The van der Waals surface area contributed by atoms with E-state index in [2.05, 4.69) is 10.3 Å². The normalized spacial score (nSPS) is 10.7. The number of oxazole rings is 1. The van der Waals surface area contributed by atoms with E-state index in [1.807, 2.05) is 31.2 Å². The molecule has 5 nitrogen and oxygen atoms in total. The fraction of sp³-hybridized carbons (Fsp3) is 0.0667. The van der Waals surface area contributed by atoms with Crippen molar-refractivity contribution in [3.05, 3.63) is 53.6 Å². The number of carboxylic acids is 1. The Morgan fingerprint density at radius 1 is 1.20 bits per heavy atom. The molecule has 0 saturated heterocycles. The van der Waals surface area contributed by atoms with E-state index >= 15 is 0 Å². The first kappa shape index (κ1) is 12.2. The van der Waals surface area contributed by atoms with Gasteiger partial charge in [-0.15, -0.1) is 0 Å². The van der Waals surface area contributed by atoms with Gasteiger partial charge in [-0.05, 0) is 37.3 Å². The summed E-state index contributed by atoms with van der Waals surface area (Å²) in [5, 5.41) is 12.0. The summed E-state index contributed by atoms with van der Waals surface area (Å²) in [6, 6.07) is 12.7. The van der Waals surface area contributed by atoms with Gasteiger partial charge in [-0.3, -0.25) is 0 Å². The highest BCUT2D eigenvalue weighted by atomic mass is 16.4. The Balaban J connectivity index is 1.92. The number of aryl methyl sites for hydroxylation is 1. The molecule has 0 bridgehead atoms. The second-order valence-corrected chi connectivity index (χ2v) is 4.50. The molecule has 0 aliphatic carbocycles. The lowest BCUT2D eigenvalue weighted by Crippen LogP contribution is -1.94. The molecule has 3 aromatic rings. The number of carbonyl (C=O) groups is 1. The fourth-order valence-corrected chi connectivity index (χ4v) is 1.87. The van der Waals surface area contributed by atoms with E-state index < -0.39 is 5.97 Å². The third kappa shape index (κ3) is 2.33. The minimum Gasteiger partial charge on any atom is -0.478 e. The number of nitrogens with zero attached hydrogens (tertiary/aromatic N) is 1. The summed E-state index contributed by atoms with van der Waals surface area (Å²) in [5.74, 6) is -0.989. The summed E-state index contributed by atoms with van der Waals surface area (Å²) < 4.78 is 5.51. The average Bonchev–Trinajstić information content (AvgIpc) is 2.82. The van der Waals surface area contributed by atoms with Crippen LogP contribution in [-0.4, -0.2) is 16.1 Å². The summed E-state index contributed by atoms with van der Waals surface area (Å²) in [4.78, 5) is 15.2. The van der Waals surface area contributed by atoms with Crippen LogP contribution in [0.1, 0.15) is 15.9 Å². The summed E-state index contributed by atoms with van der Waals surface area (Å²) in [6.45, 7) is 2.01. The van der Waals surface area contributed by atoms with Crippen molar-refractivity contribution in [3.8, 4) is 0 Å². The van der Waals surface area contributed by atoms with Crippen LogP contribution in [-0.2, 0) is 0 Å². The van der Waals surface area contributed by atoms with Crippen molar-refractivity contribution in [3.63, 3.8) is 0 Å². The third-order valence-electron chi connectivity index (χ3n) is 2.94. The topological polar surface area (TPSA) is 75.4 Å². The number of hydrogen-bond donors (Lipinski definition) is 2. The van der Waals surface area contributed by atoms with Crippen molar-refractivity contribution in [1.29, 1.82) is 0 Å². The number of benzene rings is 2. The Morgan fingerprint density at radius 2 is 1.95 bits per heavy atom. The molecular weight excluding hydrogens is 256 g/mol. The molecule has 5 heteroatoms. The maximum absolute atomic E-state index is 10.9. The van der Waals surface area contributed by atoms with Crippen molar-refractivity contribution in [2.75, 3.05) is 5.32 Å². The van der Waals surface area contributed by atoms with Crippen LogP contribution in [0.3, 0.4) is 0 Å². The molecule has 1 aromatic heterocycles. The zero-order valence-corrected chi connectivity index (χ0v) is 10.8. The molecule has 0 saturated carbocycles. The van der Waals surface area contributed by atoms with Gasteiger partial charge in [0.15, 0.2) is 5.58 Å². The molecule has 0 amide bonds. The van der Waals surface area contributed by atoms with E-state index in [9.17, 15) is 4.79 Å². The van der Waals surface area contributed by atoms with Crippen molar-refractivity contribution in [2.24, 2.45) is 0 Å². The quantitative estimate of drug-likeness (QED) is 0.759. The van der Waals surface area contributed by atoms with Gasteiger partial charge in [0.2, 0.25) is 0 Å². The molecule has 0 unspecified atom stereocenters. The van der Waals surface area contributed by atoms with Crippen molar-refractivity contribution in [1.82, 2.24) is 4.98 Å². The molecular formula is C15H12N2O3. The van der Waals surface area contributed by atoms with Crippen LogP contribution in [0.4, 0.5) is 11.7 Å². The van der Waals surface area contributed by atoms with Crippen LogP contribution in [0.2, 0.25) is 0 Å². The first-order valence-electron chi connectivity index (χ1n) is 6.09. The predicted octanol–water partition coefficient (Wildman–Crippen LogP) is 3.58. The maximum Gasteiger partial charge on any atom is 0.335 e. The van der Waals surface area contributed by atoms with E-state index in [1.165, 1.54) is 17.7 Å². The van der Waals surface area contributed by atoms with E-state index in [4.69, 9.17) is 9.52 Å². The molecule has 3 rings (SSSR count). The monoisotopic (exact) mass is 268 g/mol. The zero-order valence-electron chi connectivity index (χ0n) is 10.8. The summed E-state index contributed by atoms with van der Waals surface area (Å²) in [5.41, 5.74) is 3.26. The standard InChI is InChI=1S/C15H12N2O3/c1-9-2-5-11(6-3-9)16-15-17-12-7-4-10(14(18)19)8-13(12)20-15/h2-8H,1H3,(H,16,17)(H,18,19). The van der Waals surface area contributed by atoms with E-state index in [1.54, 1.807) is 6.07 Å². The number of fused-ring (bicyclic) bond motifs is 1. The van der Waals surface area contributed by atoms with Gasteiger partial charge in [0.1, 0.15) is 5.52 Å². The molecule has 0 aliphatic rings. The first-order chi connectivity index (χ1) is 9.61. The Bertz CT molecular complexity index is 775. The Hall–Kier alpha value is -2.82. The fourth-order valence-electron chi connectivity index (χ4n) is 1.87. The van der Waals surface area contributed by atoms with E-state index in [-0.39, 0.29) is 5.56 Å². The number of hydrogen-bond acceptors (Lipinski definition) is 4. The number of anilines is 2. The number of aromatic nitrogens is 1.